The van der Waals surface area contributed by atoms with Crippen LogP contribution in [-0.4, -0.2) is 22.5 Å². The van der Waals surface area contributed by atoms with Crippen LogP contribution in [0.15, 0.2) is 121 Å². The lowest BCUT2D eigenvalue weighted by molar-refractivity contribution is 0.319. The lowest BCUT2D eigenvalue weighted by atomic mass is 9.70. The Hall–Kier alpha value is -5.24. The molecule has 7 heteroatoms. The second-order valence-corrected chi connectivity index (χ2v) is 16.0. The quantitative estimate of drug-likeness (QED) is 0.0450. The molecule has 1 heterocycles. The monoisotopic (exact) mass is 779 g/mol. The average Bonchev–Trinajstić information content (AvgIpc) is 3.56. The summed E-state index contributed by atoms with van der Waals surface area (Å²) in [6.07, 6.45) is 20.2. The number of allylic oxidation sites excluding steroid dienone is 3. The van der Waals surface area contributed by atoms with Gasteiger partial charge in [-0.1, -0.05) is 156 Å². The van der Waals surface area contributed by atoms with Crippen LogP contribution in [0.5, 0.6) is 5.75 Å². The van der Waals surface area contributed by atoms with Crippen LogP contribution in [0.2, 0.25) is 0 Å². The third kappa shape index (κ3) is 10.8. The van der Waals surface area contributed by atoms with Gasteiger partial charge in [-0.25, -0.2) is 4.98 Å². The topological polar surface area (TPSA) is 129 Å². The second-order valence-electron chi connectivity index (χ2n) is 16.0. The number of ether oxygens (including phenoxy) is 1. The molecule has 1 aliphatic carbocycles. The first-order valence-electron chi connectivity index (χ1n) is 21.2. The van der Waals surface area contributed by atoms with Crippen molar-refractivity contribution < 1.29 is 4.74 Å². The van der Waals surface area contributed by atoms with E-state index in [4.69, 9.17) is 32.3 Å². The van der Waals surface area contributed by atoms with Crippen LogP contribution < -0.4 is 21.9 Å². The van der Waals surface area contributed by atoms with Crippen LogP contribution in [0.3, 0.4) is 0 Å². The summed E-state index contributed by atoms with van der Waals surface area (Å²) >= 11 is 0. The third-order valence-corrected chi connectivity index (χ3v) is 11.8. The van der Waals surface area contributed by atoms with Crippen LogP contribution in [0, 0.1) is 12.3 Å². The molecule has 0 bridgehead atoms. The molecule has 5 aromatic rings. The molecule has 306 valence electrons. The van der Waals surface area contributed by atoms with Gasteiger partial charge in [0.25, 0.3) is 0 Å². The average molecular weight is 779 g/mol. The number of benzene rings is 4. The molecule has 0 saturated heterocycles. The molecule has 1 atom stereocenters. The lowest BCUT2D eigenvalue weighted by Crippen LogP contribution is -2.37. The molecule has 1 aliphatic rings. The summed E-state index contributed by atoms with van der Waals surface area (Å²) in [7, 11) is 1.69. The number of aryl methyl sites for hydroxylation is 2. The zero-order valence-electron chi connectivity index (χ0n) is 35.6. The molecule has 7 nitrogen and oxygen atoms in total. The molecular weight excluding hydrogens is 713 g/mol. The van der Waals surface area contributed by atoms with Gasteiger partial charge in [0, 0.05) is 25.1 Å². The Morgan fingerprint density at radius 3 is 2.12 bits per heavy atom. The molecule has 4 aromatic carbocycles. The van der Waals surface area contributed by atoms with Crippen molar-refractivity contribution in [3.05, 3.63) is 166 Å². The van der Waals surface area contributed by atoms with Gasteiger partial charge in [0.05, 0.1) is 24.0 Å². The molecule has 0 spiro atoms. The van der Waals surface area contributed by atoms with E-state index < -0.39 is 5.54 Å². The molecular formula is C51H66N6O. The van der Waals surface area contributed by atoms with Gasteiger partial charge in [-0.05, 0) is 90.0 Å². The summed E-state index contributed by atoms with van der Waals surface area (Å²) in [4.78, 5) is 4.76. The number of nitrogens with zero attached hydrogens (tertiary/aromatic N) is 2. The molecule has 58 heavy (non-hydrogen) atoms. The van der Waals surface area contributed by atoms with Crippen molar-refractivity contribution >= 4 is 5.84 Å². The van der Waals surface area contributed by atoms with Crippen molar-refractivity contribution in [3.8, 4) is 16.9 Å². The molecule has 0 radical (unpaired) electrons. The maximum Gasteiger partial charge on any atom is 0.123 e. The van der Waals surface area contributed by atoms with Gasteiger partial charge in [0.2, 0.25) is 0 Å². The van der Waals surface area contributed by atoms with E-state index in [9.17, 15) is 0 Å². The zero-order valence-corrected chi connectivity index (χ0v) is 35.6. The van der Waals surface area contributed by atoms with Crippen molar-refractivity contribution in [3.63, 3.8) is 0 Å². The van der Waals surface area contributed by atoms with Crippen molar-refractivity contribution in [2.75, 3.05) is 7.11 Å². The highest BCUT2D eigenvalue weighted by Gasteiger charge is 2.32. The number of nitrogen functional groups attached to an aromatic ring is 1. The number of hydrogen-bond acceptors (Lipinski definition) is 5. The Balaban J connectivity index is 0.000000221. The molecule has 1 saturated carbocycles. The Morgan fingerprint density at radius 2 is 1.52 bits per heavy atom. The predicted molar refractivity (Wildman–Crippen MR) is 243 cm³/mol. The van der Waals surface area contributed by atoms with Gasteiger partial charge < -0.3 is 26.5 Å². The maximum atomic E-state index is 7.80. The number of imidazole rings is 1. The molecule has 6 rings (SSSR count). The maximum absolute atomic E-state index is 7.80. The Kier molecular flexibility index (Phi) is 15.9. The fraction of sp³-hybridized carbons (Fsp3) is 0.373. The normalized spacial score (nSPS) is 14.9. The first-order chi connectivity index (χ1) is 28.1. The smallest absolute Gasteiger partial charge is 0.123 e. The second kappa shape index (κ2) is 21.0. The van der Waals surface area contributed by atoms with Crippen molar-refractivity contribution in [1.29, 1.82) is 5.41 Å². The Labute approximate surface area is 347 Å². The molecule has 0 amide bonds. The van der Waals surface area contributed by atoms with Crippen molar-refractivity contribution in [1.82, 2.24) is 9.55 Å². The van der Waals surface area contributed by atoms with E-state index in [-0.39, 0.29) is 5.84 Å². The molecule has 1 aromatic heterocycles. The van der Waals surface area contributed by atoms with E-state index >= 15 is 0 Å². The van der Waals surface area contributed by atoms with E-state index in [0.717, 1.165) is 89.4 Å². The molecule has 1 unspecified atom stereocenters. The largest absolute Gasteiger partial charge is 0.497 e. The highest BCUT2D eigenvalue weighted by molar-refractivity contribution is 6.01. The zero-order chi connectivity index (χ0) is 41.5. The third-order valence-electron chi connectivity index (χ3n) is 11.8. The van der Waals surface area contributed by atoms with Crippen LogP contribution >= 0.6 is 0 Å². The van der Waals surface area contributed by atoms with Crippen LogP contribution in [0.1, 0.15) is 124 Å². The number of nitrogens with two attached hydrogens (primary N) is 3. The van der Waals surface area contributed by atoms with Crippen LogP contribution in [0.4, 0.5) is 0 Å². The first kappa shape index (κ1) is 43.9. The summed E-state index contributed by atoms with van der Waals surface area (Å²) in [5.74, 6) is 2.05. The van der Waals surface area contributed by atoms with Gasteiger partial charge in [-0.15, -0.1) is 0 Å². The van der Waals surface area contributed by atoms with Crippen LogP contribution in [-0.2, 0) is 30.5 Å². The minimum atomic E-state index is -0.575. The fourth-order valence-corrected chi connectivity index (χ4v) is 8.21. The SMILES string of the molecule is CC/C=C\C=C/CC(N)(c1ccc(OC)cc1)c1ccc(C2(C)CCCCC2)cc1.CCCCc1nc(C)c(CN)n1Cc1ccc(-c2ccccc2C(=N)N)cc1. The van der Waals surface area contributed by atoms with E-state index in [2.05, 4.69) is 110 Å². The van der Waals surface area contributed by atoms with Crippen molar-refractivity contribution in [2.45, 2.75) is 116 Å². The highest BCUT2D eigenvalue weighted by Crippen LogP contribution is 2.40. The van der Waals surface area contributed by atoms with Gasteiger partial charge in [0.15, 0.2) is 0 Å². The standard InChI is InChI=1S/C28H37NO.C23H29N5/c1-4-5-6-7-11-22-28(29,25-16-18-26(30-3)19-17-25)24-14-12-23(13-15-24)27(2)20-9-8-10-21-27;1-3-4-9-22-27-16(2)21(14-24)28(22)15-17-10-12-18(13-11-17)19-7-5-6-8-20(19)23(25)26/h5-7,11-19H,4,8-10,20-22,29H2,1-3H3;5-8,10-13H,3-4,9,14-15,24H2,1-2H3,(H3,25,26)/b6-5-,11-7-;. The number of unbranched alkanes of at least 4 members (excludes halogenated alkanes) is 1. The number of methoxy groups -OCH3 is 1. The van der Waals surface area contributed by atoms with Crippen molar-refractivity contribution in [2.24, 2.45) is 17.2 Å². The molecule has 1 fully saturated rings. The minimum Gasteiger partial charge on any atom is -0.497 e. The van der Waals surface area contributed by atoms with E-state index in [1.807, 2.05) is 43.3 Å². The predicted octanol–water partition coefficient (Wildman–Crippen LogP) is 11.0. The summed E-state index contributed by atoms with van der Waals surface area (Å²) in [5.41, 5.74) is 28.4. The summed E-state index contributed by atoms with van der Waals surface area (Å²) in [6.45, 7) is 10.1. The first-order valence-corrected chi connectivity index (χ1v) is 21.2. The summed E-state index contributed by atoms with van der Waals surface area (Å²) < 4.78 is 7.61. The van der Waals surface area contributed by atoms with Gasteiger partial charge in [-0.3, -0.25) is 5.41 Å². The van der Waals surface area contributed by atoms with E-state index in [0.29, 0.717) is 12.0 Å². The Bertz CT molecular complexity index is 2100. The molecule has 7 N–H and O–H groups in total. The number of nitrogens with one attached hydrogen (secondary N) is 1. The molecule has 0 aliphatic heterocycles. The van der Waals surface area contributed by atoms with Crippen LogP contribution in [0.25, 0.3) is 11.1 Å². The fourth-order valence-electron chi connectivity index (χ4n) is 8.21. The number of rotatable bonds is 16. The minimum absolute atomic E-state index is 0.0849. The van der Waals surface area contributed by atoms with Gasteiger partial charge in [-0.2, -0.15) is 0 Å². The number of amidine groups is 1. The Morgan fingerprint density at radius 1 is 0.879 bits per heavy atom. The number of hydrogen-bond donors (Lipinski definition) is 4. The van der Waals surface area contributed by atoms with E-state index in [1.165, 1.54) is 43.2 Å². The van der Waals surface area contributed by atoms with Gasteiger partial charge in [0.1, 0.15) is 17.4 Å². The van der Waals surface area contributed by atoms with Gasteiger partial charge >= 0.3 is 0 Å². The lowest BCUT2D eigenvalue weighted by Gasteiger charge is -2.35. The summed E-state index contributed by atoms with van der Waals surface area (Å²) in [5, 5.41) is 7.80. The van der Waals surface area contributed by atoms with E-state index in [1.54, 1.807) is 7.11 Å². The number of aromatic nitrogens is 2. The highest BCUT2D eigenvalue weighted by atomic mass is 16.5. The summed E-state index contributed by atoms with van der Waals surface area (Å²) in [6, 6.07) is 33.5.